The average molecular weight is 225 g/mol. The highest BCUT2D eigenvalue weighted by Crippen LogP contribution is 2.32. The van der Waals surface area contributed by atoms with Crippen LogP contribution in [0.5, 0.6) is 0 Å². The molecule has 4 heteroatoms. The number of nitrogens with zero attached hydrogens (tertiary/aromatic N) is 1. The van der Waals surface area contributed by atoms with Crippen molar-refractivity contribution < 1.29 is 9.90 Å². The molecule has 0 aromatic carbocycles. The molecule has 3 nitrogen and oxygen atoms in total. The minimum atomic E-state index is -0.827. The zero-order valence-electron chi connectivity index (χ0n) is 8.93. The Bertz CT molecular complexity index is 364. The summed E-state index contributed by atoms with van der Waals surface area (Å²) in [7, 11) is 0. The number of carboxylic acid groups (broad SMARTS) is 1. The molecule has 1 aliphatic rings. The van der Waals surface area contributed by atoms with Crippen molar-refractivity contribution in [2.24, 2.45) is 11.8 Å². The first-order valence-electron chi connectivity index (χ1n) is 5.16. The van der Waals surface area contributed by atoms with Gasteiger partial charge in [-0.15, -0.1) is 11.3 Å². The molecule has 0 amide bonds. The quantitative estimate of drug-likeness (QED) is 0.840. The van der Waals surface area contributed by atoms with Gasteiger partial charge in [0, 0.05) is 13.1 Å². The van der Waals surface area contributed by atoms with Crippen LogP contribution in [0.15, 0.2) is 12.1 Å². The molecule has 1 aromatic heterocycles. The predicted octanol–water partition coefficient (Wildman–Crippen LogP) is 2.54. The second kappa shape index (κ2) is 3.85. The molecule has 0 aliphatic carbocycles. The Labute approximate surface area is 93.3 Å². The van der Waals surface area contributed by atoms with Gasteiger partial charge in [0.05, 0.1) is 5.00 Å². The number of hydrogen-bond donors (Lipinski definition) is 1. The molecule has 0 saturated carbocycles. The number of carboxylic acids is 1. The molecule has 1 saturated heterocycles. The van der Waals surface area contributed by atoms with Gasteiger partial charge in [0.2, 0.25) is 0 Å². The maximum absolute atomic E-state index is 10.7. The number of hydrogen-bond acceptors (Lipinski definition) is 3. The van der Waals surface area contributed by atoms with E-state index in [-0.39, 0.29) is 0 Å². The lowest BCUT2D eigenvalue weighted by Crippen LogP contribution is -2.17. The van der Waals surface area contributed by atoms with Crippen LogP contribution in [0.1, 0.15) is 23.5 Å². The van der Waals surface area contributed by atoms with E-state index < -0.39 is 5.97 Å². The average Bonchev–Trinajstić information content (AvgIpc) is 2.74. The van der Waals surface area contributed by atoms with E-state index in [4.69, 9.17) is 5.11 Å². The van der Waals surface area contributed by atoms with Crippen molar-refractivity contribution in [3.63, 3.8) is 0 Å². The first-order chi connectivity index (χ1) is 7.08. The van der Waals surface area contributed by atoms with Gasteiger partial charge in [-0.1, -0.05) is 13.8 Å². The summed E-state index contributed by atoms with van der Waals surface area (Å²) < 4.78 is 0. The van der Waals surface area contributed by atoms with Gasteiger partial charge in [0.15, 0.2) is 0 Å². The molecule has 1 fully saturated rings. The lowest BCUT2D eigenvalue weighted by molar-refractivity contribution is 0.0702. The second-order valence-electron chi connectivity index (χ2n) is 4.30. The van der Waals surface area contributed by atoms with Crippen LogP contribution in [0.3, 0.4) is 0 Å². The van der Waals surface area contributed by atoms with Gasteiger partial charge in [-0.05, 0) is 24.0 Å². The third kappa shape index (κ3) is 2.00. The monoisotopic (exact) mass is 225 g/mol. The highest BCUT2D eigenvalue weighted by atomic mass is 32.1. The molecule has 2 unspecified atom stereocenters. The summed E-state index contributed by atoms with van der Waals surface area (Å²) in [5.74, 6) is 0.562. The van der Waals surface area contributed by atoms with E-state index in [1.807, 2.05) is 6.07 Å². The molecule has 2 rings (SSSR count). The minimum absolute atomic E-state index is 0.428. The van der Waals surface area contributed by atoms with E-state index in [2.05, 4.69) is 18.7 Å². The molecule has 82 valence electrons. The van der Waals surface area contributed by atoms with Gasteiger partial charge in [-0.25, -0.2) is 4.79 Å². The van der Waals surface area contributed by atoms with Crippen LogP contribution in [0.4, 0.5) is 5.00 Å². The van der Waals surface area contributed by atoms with Crippen LogP contribution >= 0.6 is 11.3 Å². The van der Waals surface area contributed by atoms with Crippen molar-refractivity contribution in [3.05, 3.63) is 17.0 Å². The first-order valence-corrected chi connectivity index (χ1v) is 5.97. The molecule has 0 radical (unpaired) electrons. The minimum Gasteiger partial charge on any atom is -0.477 e. The van der Waals surface area contributed by atoms with Gasteiger partial charge in [-0.2, -0.15) is 0 Å². The van der Waals surface area contributed by atoms with Crippen LogP contribution in [0.25, 0.3) is 0 Å². The predicted molar refractivity (Wildman–Crippen MR) is 61.8 cm³/mol. The maximum Gasteiger partial charge on any atom is 0.345 e. The molecule has 2 heterocycles. The highest BCUT2D eigenvalue weighted by Gasteiger charge is 2.27. The van der Waals surface area contributed by atoms with Gasteiger partial charge in [0.1, 0.15) is 4.88 Å². The van der Waals surface area contributed by atoms with Crippen molar-refractivity contribution in [1.29, 1.82) is 0 Å². The van der Waals surface area contributed by atoms with Gasteiger partial charge < -0.3 is 10.0 Å². The van der Waals surface area contributed by atoms with Crippen LogP contribution < -0.4 is 4.90 Å². The summed E-state index contributed by atoms with van der Waals surface area (Å²) in [5, 5.41) is 9.92. The van der Waals surface area contributed by atoms with E-state index >= 15 is 0 Å². The summed E-state index contributed by atoms with van der Waals surface area (Å²) >= 11 is 1.37. The third-order valence-corrected chi connectivity index (χ3v) is 4.24. The smallest absolute Gasteiger partial charge is 0.345 e. The number of carbonyl (C=O) groups is 1. The molecular formula is C11H15NO2S. The largest absolute Gasteiger partial charge is 0.477 e. The molecule has 0 spiro atoms. The summed E-state index contributed by atoms with van der Waals surface area (Å²) in [6.45, 7) is 6.58. The summed E-state index contributed by atoms with van der Waals surface area (Å²) in [5.41, 5.74) is 0. The SMILES string of the molecule is CC1CN(c2ccc(C(=O)O)s2)CC1C. The van der Waals surface area contributed by atoms with Crippen molar-refractivity contribution in [1.82, 2.24) is 0 Å². The van der Waals surface area contributed by atoms with Crippen LogP contribution in [-0.2, 0) is 0 Å². The normalized spacial score (nSPS) is 25.9. The van der Waals surface area contributed by atoms with Crippen molar-refractivity contribution >= 4 is 22.3 Å². The van der Waals surface area contributed by atoms with E-state index in [1.165, 1.54) is 11.3 Å². The van der Waals surface area contributed by atoms with E-state index in [0.29, 0.717) is 16.7 Å². The lowest BCUT2D eigenvalue weighted by atomic mass is 10.0. The number of aromatic carboxylic acids is 1. The zero-order chi connectivity index (χ0) is 11.0. The number of rotatable bonds is 2. The van der Waals surface area contributed by atoms with Gasteiger partial charge in [-0.3, -0.25) is 0 Å². The standard InChI is InChI=1S/C11H15NO2S/c1-7-5-12(6-8(7)2)10-4-3-9(15-10)11(13)14/h3-4,7-8H,5-6H2,1-2H3,(H,13,14). The van der Waals surface area contributed by atoms with E-state index in [1.54, 1.807) is 6.07 Å². The first kappa shape index (κ1) is 10.5. The fraction of sp³-hybridized carbons (Fsp3) is 0.545. The van der Waals surface area contributed by atoms with Crippen molar-refractivity contribution in [2.75, 3.05) is 18.0 Å². The van der Waals surface area contributed by atoms with Crippen molar-refractivity contribution in [3.8, 4) is 0 Å². The Morgan fingerprint density at radius 3 is 2.47 bits per heavy atom. The maximum atomic E-state index is 10.7. The zero-order valence-corrected chi connectivity index (χ0v) is 9.75. The van der Waals surface area contributed by atoms with Crippen LogP contribution in [0, 0.1) is 11.8 Å². The van der Waals surface area contributed by atoms with Gasteiger partial charge in [0.25, 0.3) is 0 Å². The Balaban J connectivity index is 2.14. The van der Waals surface area contributed by atoms with Gasteiger partial charge >= 0.3 is 5.97 Å². The molecule has 1 aliphatic heterocycles. The summed E-state index contributed by atoms with van der Waals surface area (Å²) in [4.78, 5) is 13.5. The molecule has 1 aromatic rings. The van der Waals surface area contributed by atoms with E-state index in [0.717, 1.165) is 18.1 Å². The molecule has 0 bridgehead atoms. The van der Waals surface area contributed by atoms with E-state index in [9.17, 15) is 4.79 Å². The fourth-order valence-corrected chi connectivity index (χ4v) is 2.79. The molecule has 15 heavy (non-hydrogen) atoms. The fourth-order valence-electron chi connectivity index (χ4n) is 1.92. The Morgan fingerprint density at radius 1 is 1.40 bits per heavy atom. The van der Waals surface area contributed by atoms with Crippen molar-refractivity contribution in [2.45, 2.75) is 13.8 Å². The molecular weight excluding hydrogens is 210 g/mol. The summed E-state index contributed by atoms with van der Waals surface area (Å²) in [6.07, 6.45) is 0. The number of thiophene rings is 1. The Hall–Kier alpha value is -1.03. The summed E-state index contributed by atoms with van der Waals surface area (Å²) in [6, 6.07) is 3.61. The van der Waals surface area contributed by atoms with Crippen LogP contribution in [-0.4, -0.2) is 24.2 Å². The second-order valence-corrected chi connectivity index (χ2v) is 5.36. The topological polar surface area (TPSA) is 40.5 Å². The highest BCUT2D eigenvalue weighted by molar-refractivity contribution is 7.17. The lowest BCUT2D eigenvalue weighted by Gasteiger charge is -2.14. The Morgan fingerprint density at radius 2 is 2.00 bits per heavy atom. The molecule has 1 N–H and O–H groups in total. The third-order valence-electron chi connectivity index (χ3n) is 3.10. The Kier molecular flexibility index (Phi) is 2.69. The van der Waals surface area contributed by atoms with Crippen LogP contribution in [0.2, 0.25) is 0 Å². The number of anilines is 1. The molecule has 2 atom stereocenters.